The predicted molar refractivity (Wildman–Crippen MR) is 91.8 cm³/mol. The Hall–Kier alpha value is -2.09. The van der Waals surface area contributed by atoms with E-state index in [4.69, 9.17) is 20.4 Å². The average Bonchev–Trinajstić information content (AvgIpc) is 2.42. The summed E-state index contributed by atoms with van der Waals surface area (Å²) >= 11 is 0. The van der Waals surface area contributed by atoms with Crippen LogP contribution in [0.5, 0.6) is 5.88 Å². The molecule has 0 saturated heterocycles. The topological polar surface area (TPSA) is 114 Å². The first-order chi connectivity index (χ1) is 10.8. The van der Waals surface area contributed by atoms with Crippen molar-refractivity contribution in [1.29, 1.82) is 0 Å². The lowest BCUT2D eigenvalue weighted by Gasteiger charge is -2.24. The quantitative estimate of drug-likeness (QED) is 0.618. The first kappa shape index (κ1) is 20.9. The summed E-state index contributed by atoms with van der Waals surface area (Å²) in [5, 5.41) is 10.2. The van der Waals surface area contributed by atoms with Gasteiger partial charge in [-0.05, 0) is 34.4 Å². The van der Waals surface area contributed by atoms with E-state index >= 15 is 0 Å². The molecule has 8 nitrogen and oxygen atoms in total. The Balaban J connectivity index is 0.00000149. The van der Waals surface area contributed by atoms with Crippen molar-refractivity contribution in [2.75, 3.05) is 31.7 Å². The van der Waals surface area contributed by atoms with Gasteiger partial charge in [0.05, 0.1) is 6.10 Å². The number of carboxylic acid groups (broad SMARTS) is 1. The van der Waals surface area contributed by atoms with Crippen LogP contribution in [-0.4, -0.2) is 59.2 Å². The Bertz CT molecular complexity index is 455. The minimum atomic E-state index is -0.250. The summed E-state index contributed by atoms with van der Waals surface area (Å²) in [4.78, 5) is 18.8. The van der Waals surface area contributed by atoms with Crippen molar-refractivity contribution in [3.05, 3.63) is 6.07 Å². The number of hydrogen-bond acceptors (Lipinski definition) is 7. The summed E-state index contributed by atoms with van der Waals surface area (Å²) in [6.07, 6.45) is 2.35. The summed E-state index contributed by atoms with van der Waals surface area (Å²) < 4.78 is 5.56. The largest absolute Gasteiger partial charge is 0.483 e. The van der Waals surface area contributed by atoms with Crippen LogP contribution < -0.4 is 15.8 Å². The maximum Gasteiger partial charge on any atom is 0.290 e. The fourth-order valence-corrected chi connectivity index (χ4v) is 1.93. The third kappa shape index (κ3) is 9.51. The number of hydrogen-bond donors (Lipinski definition) is 3. The van der Waals surface area contributed by atoms with Crippen molar-refractivity contribution < 1.29 is 14.6 Å². The highest BCUT2D eigenvalue weighted by Gasteiger charge is 2.11. The molecule has 0 amide bonds. The monoisotopic (exact) mass is 327 g/mol. The second kappa shape index (κ2) is 11.5. The van der Waals surface area contributed by atoms with Crippen LogP contribution in [0, 0.1) is 0 Å². The van der Waals surface area contributed by atoms with E-state index in [0.29, 0.717) is 17.7 Å². The van der Waals surface area contributed by atoms with Crippen LogP contribution in [0.1, 0.15) is 33.6 Å². The molecular weight excluding hydrogens is 298 g/mol. The molecule has 132 valence electrons. The molecule has 1 rings (SSSR count). The number of ether oxygens (including phenoxy) is 1. The molecule has 0 fully saturated rings. The summed E-state index contributed by atoms with van der Waals surface area (Å²) in [7, 11) is 4.17. The van der Waals surface area contributed by atoms with Gasteiger partial charge in [0, 0.05) is 18.7 Å². The Morgan fingerprint density at radius 1 is 1.43 bits per heavy atom. The molecule has 0 radical (unpaired) electrons. The number of nitrogen functional groups attached to an aromatic ring is 1. The number of aromatic nitrogens is 2. The summed E-state index contributed by atoms with van der Waals surface area (Å²) in [6.45, 7) is 6.66. The first-order valence-corrected chi connectivity index (χ1v) is 7.63. The molecule has 0 aliphatic rings. The normalized spacial score (nSPS) is 11.6. The Morgan fingerprint density at radius 2 is 2.04 bits per heavy atom. The second-order valence-electron chi connectivity index (χ2n) is 5.51. The highest BCUT2D eigenvalue weighted by molar-refractivity contribution is 5.42. The van der Waals surface area contributed by atoms with E-state index in [0.717, 1.165) is 19.4 Å². The Morgan fingerprint density at radius 3 is 2.52 bits per heavy atom. The number of anilines is 2. The second-order valence-corrected chi connectivity index (χ2v) is 5.51. The number of nitrogens with one attached hydrogen (secondary N) is 1. The molecule has 1 aromatic heterocycles. The number of likely N-dealkylation sites (N-methyl/N-ethyl adjacent to an activating group) is 1. The predicted octanol–water partition coefficient (Wildman–Crippen LogP) is 1.69. The molecule has 0 aliphatic carbocycles. The van der Waals surface area contributed by atoms with Crippen molar-refractivity contribution in [3.63, 3.8) is 0 Å². The zero-order valence-electron chi connectivity index (χ0n) is 14.6. The standard InChI is InChI=1S/C14H27N5O.CH2O2/c1-6-7-11(19(4)5)9-16-12-8-13(20-10(2)3)18-14(15)17-12;2-1-3/h8,10-11H,6-7,9H2,1-5H3,(H3,15,16,17,18);1H,(H,2,3). The van der Waals surface area contributed by atoms with E-state index in [1.54, 1.807) is 6.07 Å². The molecule has 0 aromatic carbocycles. The molecule has 1 aromatic rings. The molecule has 0 saturated carbocycles. The molecule has 0 bridgehead atoms. The van der Waals surface area contributed by atoms with Crippen LogP contribution in [0.25, 0.3) is 0 Å². The Kier molecular flexibility index (Phi) is 10.4. The van der Waals surface area contributed by atoms with E-state index in [1.165, 1.54) is 0 Å². The number of rotatable bonds is 8. The first-order valence-electron chi connectivity index (χ1n) is 7.63. The number of nitrogens with two attached hydrogens (primary N) is 1. The SMILES string of the molecule is CCCC(CNc1cc(OC(C)C)nc(N)n1)N(C)C.O=CO. The third-order valence-corrected chi connectivity index (χ3v) is 2.95. The van der Waals surface area contributed by atoms with E-state index < -0.39 is 0 Å². The minimum absolute atomic E-state index is 0.0618. The van der Waals surface area contributed by atoms with Gasteiger partial charge in [-0.2, -0.15) is 9.97 Å². The highest BCUT2D eigenvalue weighted by Crippen LogP contribution is 2.16. The van der Waals surface area contributed by atoms with Gasteiger partial charge in [-0.15, -0.1) is 0 Å². The zero-order valence-corrected chi connectivity index (χ0v) is 14.6. The van der Waals surface area contributed by atoms with Crippen LogP contribution in [0.3, 0.4) is 0 Å². The van der Waals surface area contributed by atoms with E-state index in [2.05, 4.69) is 41.2 Å². The molecule has 8 heteroatoms. The zero-order chi connectivity index (χ0) is 17.8. The summed E-state index contributed by atoms with van der Waals surface area (Å²) in [5.74, 6) is 1.44. The van der Waals surface area contributed by atoms with E-state index in [1.807, 2.05) is 13.8 Å². The molecule has 1 unspecified atom stereocenters. The van der Waals surface area contributed by atoms with Gasteiger partial charge in [-0.1, -0.05) is 13.3 Å². The molecule has 23 heavy (non-hydrogen) atoms. The lowest BCUT2D eigenvalue weighted by molar-refractivity contribution is -0.122. The van der Waals surface area contributed by atoms with Crippen LogP contribution in [0.2, 0.25) is 0 Å². The minimum Gasteiger partial charge on any atom is -0.483 e. The summed E-state index contributed by atoms with van der Waals surface area (Å²) in [6, 6.07) is 2.25. The Labute approximate surface area is 138 Å². The van der Waals surface area contributed by atoms with Gasteiger partial charge in [-0.25, -0.2) is 0 Å². The molecule has 0 aliphatic heterocycles. The van der Waals surface area contributed by atoms with Crippen molar-refractivity contribution in [3.8, 4) is 5.88 Å². The highest BCUT2D eigenvalue weighted by atomic mass is 16.5. The third-order valence-electron chi connectivity index (χ3n) is 2.95. The number of carbonyl (C=O) groups is 1. The molecule has 1 heterocycles. The summed E-state index contributed by atoms with van der Waals surface area (Å²) in [5.41, 5.74) is 5.71. The van der Waals surface area contributed by atoms with Crippen LogP contribution >= 0.6 is 0 Å². The molecule has 1 atom stereocenters. The lowest BCUT2D eigenvalue weighted by atomic mass is 10.1. The molecule has 4 N–H and O–H groups in total. The van der Waals surface area contributed by atoms with Gasteiger partial charge < -0.3 is 25.8 Å². The van der Waals surface area contributed by atoms with Crippen LogP contribution in [-0.2, 0) is 4.79 Å². The van der Waals surface area contributed by atoms with Gasteiger partial charge in [0.15, 0.2) is 0 Å². The van der Waals surface area contributed by atoms with Crippen LogP contribution in [0.15, 0.2) is 6.07 Å². The maximum atomic E-state index is 8.36. The van der Waals surface area contributed by atoms with Gasteiger partial charge >= 0.3 is 0 Å². The van der Waals surface area contributed by atoms with Gasteiger partial charge in [0.1, 0.15) is 5.82 Å². The maximum absolute atomic E-state index is 8.36. The molecule has 0 spiro atoms. The fraction of sp³-hybridized carbons (Fsp3) is 0.667. The smallest absolute Gasteiger partial charge is 0.290 e. The lowest BCUT2D eigenvalue weighted by Crippen LogP contribution is -2.34. The van der Waals surface area contributed by atoms with Gasteiger partial charge in [0.2, 0.25) is 11.8 Å². The van der Waals surface area contributed by atoms with Crippen LogP contribution in [0.4, 0.5) is 11.8 Å². The van der Waals surface area contributed by atoms with E-state index in [9.17, 15) is 0 Å². The van der Waals surface area contributed by atoms with Crippen molar-refractivity contribution in [2.24, 2.45) is 0 Å². The average molecular weight is 327 g/mol. The fourth-order valence-electron chi connectivity index (χ4n) is 1.93. The van der Waals surface area contributed by atoms with Crippen molar-refractivity contribution >= 4 is 18.2 Å². The molecular formula is C15H29N5O3. The number of nitrogens with zero attached hydrogens (tertiary/aromatic N) is 3. The van der Waals surface area contributed by atoms with Crippen molar-refractivity contribution in [1.82, 2.24) is 14.9 Å². The van der Waals surface area contributed by atoms with Gasteiger partial charge in [-0.3, -0.25) is 4.79 Å². The van der Waals surface area contributed by atoms with Crippen molar-refractivity contribution in [2.45, 2.75) is 45.8 Å². The van der Waals surface area contributed by atoms with Gasteiger partial charge in [0.25, 0.3) is 6.47 Å². The van der Waals surface area contributed by atoms with E-state index in [-0.39, 0.29) is 18.5 Å².